The van der Waals surface area contributed by atoms with E-state index in [9.17, 15) is 13.2 Å². The summed E-state index contributed by atoms with van der Waals surface area (Å²) in [5, 5.41) is 3.17. The van der Waals surface area contributed by atoms with Crippen LogP contribution in [0.2, 0.25) is 0 Å². The van der Waals surface area contributed by atoms with Crippen LogP contribution in [0.4, 0.5) is 13.2 Å². The molecule has 0 aromatic rings. The van der Waals surface area contributed by atoms with E-state index >= 15 is 0 Å². The Labute approximate surface area is 102 Å². The SMILES string of the molecule is CC(C)C(CNC(C)(C)C)OC(C)C(F)(F)F. The predicted molar refractivity (Wildman–Crippen MR) is 63.0 cm³/mol. The number of alkyl halides is 3. The van der Waals surface area contributed by atoms with Crippen molar-refractivity contribution >= 4 is 0 Å². The van der Waals surface area contributed by atoms with Crippen LogP contribution in [0.25, 0.3) is 0 Å². The molecule has 0 bridgehead atoms. The van der Waals surface area contributed by atoms with Gasteiger partial charge in [-0.25, -0.2) is 0 Å². The molecule has 1 N–H and O–H groups in total. The zero-order valence-electron chi connectivity index (χ0n) is 11.5. The van der Waals surface area contributed by atoms with Gasteiger partial charge >= 0.3 is 6.18 Å². The van der Waals surface area contributed by atoms with Crippen LogP contribution < -0.4 is 5.32 Å². The van der Waals surface area contributed by atoms with Crippen LogP contribution in [0, 0.1) is 5.92 Å². The molecule has 0 aliphatic rings. The van der Waals surface area contributed by atoms with Gasteiger partial charge in [-0.3, -0.25) is 0 Å². The Kier molecular flexibility index (Phi) is 5.94. The summed E-state index contributed by atoms with van der Waals surface area (Å²) in [5.41, 5.74) is -0.127. The Hall–Kier alpha value is -0.290. The molecule has 17 heavy (non-hydrogen) atoms. The highest BCUT2D eigenvalue weighted by atomic mass is 19.4. The van der Waals surface area contributed by atoms with Gasteiger partial charge in [0.25, 0.3) is 0 Å². The van der Waals surface area contributed by atoms with Gasteiger partial charge in [0.1, 0.15) is 0 Å². The van der Waals surface area contributed by atoms with E-state index in [0.717, 1.165) is 6.92 Å². The Morgan fingerprint density at radius 2 is 1.53 bits per heavy atom. The Morgan fingerprint density at radius 3 is 1.82 bits per heavy atom. The van der Waals surface area contributed by atoms with Gasteiger partial charge in [0.2, 0.25) is 0 Å². The molecular weight excluding hydrogens is 231 g/mol. The average molecular weight is 255 g/mol. The molecule has 2 nitrogen and oxygen atoms in total. The molecule has 0 saturated heterocycles. The van der Waals surface area contributed by atoms with Gasteiger partial charge < -0.3 is 10.1 Å². The second-order valence-corrected chi connectivity index (χ2v) is 5.73. The van der Waals surface area contributed by atoms with Gasteiger partial charge in [0.05, 0.1) is 6.10 Å². The van der Waals surface area contributed by atoms with Crippen molar-refractivity contribution in [2.24, 2.45) is 5.92 Å². The van der Waals surface area contributed by atoms with Crippen molar-refractivity contribution in [3.63, 3.8) is 0 Å². The third kappa shape index (κ3) is 7.60. The van der Waals surface area contributed by atoms with Crippen LogP contribution in [0.15, 0.2) is 0 Å². The zero-order valence-corrected chi connectivity index (χ0v) is 11.5. The van der Waals surface area contributed by atoms with Gasteiger partial charge in [-0.1, -0.05) is 13.8 Å². The van der Waals surface area contributed by atoms with E-state index in [1.165, 1.54) is 0 Å². The maximum Gasteiger partial charge on any atom is 0.414 e. The minimum atomic E-state index is -4.30. The molecule has 0 spiro atoms. The first-order valence-electron chi connectivity index (χ1n) is 5.90. The average Bonchev–Trinajstić information content (AvgIpc) is 2.07. The third-order valence-corrected chi connectivity index (χ3v) is 2.42. The first-order valence-corrected chi connectivity index (χ1v) is 5.90. The Bertz CT molecular complexity index is 221. The van der Waals surface area contributed by atoms with Crippen LogP contribution in [-0.2, 0) is 4.74 Å². The molecular formula is C12H24F3NO. The zero-order chi connectivity index (χ0) is 13.9. The molecule has 0 aliphatic carbocycles. The summed E-state index contributed by atoms with van der Waals surface area (Å²) >= 11 is 0. The van der Waals surface area contributed by atoms with E-state index in [0.29, 0.717) is 6.54 Å². The summed E-state index contributed by atoms with van der Waals surface area (Å²) in [6.07, 6.45) is -6.46. The lowest BCUT2D eigenvalue weighted by molar-refractivity contribution is -0.230. The summed E-state index contributed by atoms with van der Waals surface area (Å²) < 4.78 is 42.3. The molecule has 0 aromatic heterocycles. The number of hydrogen-bond donors (Lipinski definition) is 1. The largest absolute Gasteiger partial charge is 0.414 e. The normalized spacial score (nSPS) is 17.3. The highest BCUT2D eigenvalue weighted by Crippen LogP contribution is 2.24. The van der Waals surface area contributed by atoms with Crippen molar-refractivity contribution in [2.45, 2.75) is 65.5 Å². The van der Waals surface area contributed by atoms with E-state index < -0.39 is 18.4 Å². The monoisotopic (exact) mass is 255 g/mol. The van der Waals surface area contributed by atoms with Crippen molar-refractivity contribution in [2.75, 3.05) is 6.54 Å². The summed E-state index contributed by atoms with van der Waals surface area (Å²) in [6.45, 7) is 11.1. The Balaban J connectivity index is 4.36. The van der Waals surface area contributed by atoms with Crippen molar-refractivity contribution in [1.29, 1.82) is 0 Å². The van der Waals surface area contributed by atoms with Gasteiger partial charge in [-0.2, -0.15) is 13.2 Å². The topological polar surface area (TPSA) is 21.3 Å². The number of rotatable bonds is 5. The van der Waals surface area contributed by atoms with Crippen LogP contribution in [0.3, 0.4) is 0 Å². The summed E-state index contributed by atoms with van der Waals surface area (Å²) in [4.78, 5) is 0. The lowest BCUT2D eigenvalue weighted by atomic mass is 10.0. The second kappa shape index (κ2) is 6.05. The lowest BCUT2D eigenvalue weighted by Gasteiger charge is -2.30. The highest BCUT2D eigenvalue weighted by molar-refractivity contribution is 4.76. The summed E-state index contributed by atoms with van der Waals surface area (Å²) in [6, 6.07) is 0. The molecule has 0 aliphatic heterocycles. The molecule has 0 radical (unpaired) electrons. The van der Waals surface area contributed by atoms with Crippen LogP contribution in [0.5, 0.6) is 0 Å². The van der Waals surface area contributed by atoms with E-state index in [4.69, 9.17) is 4.74 Å². The van der Waals surface area contributed by atoms with E-state index in [-0.39, 0.29) is 11.5 Å². The molecule has 0 heterocycles. The quantitative estimate of drug-likeness (QED) is 0.813. The lowest BCUT2D eigenvalue weighted by Crippen LogP contribution is -2.45. The summed E-state index contributed by atoms with van der Waals surface area (Å²) in [7, 11) is 0. The number of nitrogens with one attached hydrogen (secondary N) is 1. The van der Waals surface area contributed by atoms with Crippen molar-refractivity contribution in [3.8, 4) is 0 Å². The standard InChI is InChI=1S/C12H24F3NO/c1-8(2)10(7-16-11(4,5)6)17-9(3)12(13,14)15/h8-10,16H,7H2,1-6H3. The maximum atomic E-state index is 12.4. The predicted octanol–water partition coefficient (Wildman–Crippen LogP) is 3.37. The molecule has 0 saturated carbocycles. The fraction of sp³-hybridized carbons (Fsp3) is 1.00. The minimum Gasteiger partial charge on any atom is -0.364 e. The smallest absolute Gasteiger partial charge is 0.364 e. The maximum absolute atomic E-state index is 12.4. The first kappa shape index (κ1) is 16.7. The van der Waals surface area contributed by atoms with E-state index in [1.807, 2.05) is 34.6 Å². The third-order valence-electron chi connectivity index (χ3n) is 2.42. The van der Waals surface area contributed by atoms with Crippen molar-refractivity contribution in [1.82, 2.24) is 5.32 Å². The molecule has 104 valence electrons. The van der Waals surface area contributed by atoms with E-state index in [2.05, 4.69) is 5.32 Å². The number of halogens is 3. The van der Waals surface area contributed by atoms with E-state index in [1.54, 1.807) is 0 Å². The van der Waals surface area contributed by atoms with Crippen LogP contribution in [-0.4, -0.2) is 30.5 Å². The van der Waals surface area contributed by atoms with Gasteiger partial charge in [-0.05, 0) is 33.6 Å². The van der Waals surface area contributed by atoms with Crippen LogP contribution >= 0.6 is 0 Å². The molecule has 2 unspecified atom stereocenters. The minimum absolute atomic E-state index is 0.0367. The first-order chi connectivity index (χ1) is 7.43. The van der Waals surface area contributed by atoms with Crippen molar-refractivity contribution in [3.05, 3.63) is 0 Å². The molecule has 0 rings (SSSR count). The summed E-state index contributed by atoms with van der Waals surface area (Å²) in [5.74, 6) is 0.0367. The molecule has 0 amide bonds. The molecule has 5 heteroatoms. The molecule has 2 atom stereocenters. The number of hydrogen-bond acceptors (Lipinski definition) is 2. The van der Waals surface area contributed by atoms with Gasteiger partial charge in [-0.15, -0.1) is 0 Å². The fourth-order valence-corrected chi connectivity index (χ4v) is 1.19. The highest BCUT2D eigenvalue weighted by Gasteiger charge is 2.39. The Morgan fingerprint density at radius 1 is 1.06 bits per heavy atom. The molecule has 0 aromatic carbocycles. The number of ether oxygens (including phenoxy) is 1. The van der Waals surface area contributed by atoms with Crippen LogP contribution in [0.1, 0.15) is 41.5 Å². The van der Waals surface area contributed by atoms with Gasteiger partial charge in [0.15, 0.2) is 6.10 Å². The second-order valence-electron chi connectivity index (χ2n) is 5.73. The fourth-order valence-electron chi connectivity index (χ4n) is 1.19. The molecule has 0 fully saturated rings. The van der Waals surface area contributed by atoms with Crippen molar-refractivity contribution < 1.29 is 17.9 Å². The van der Waals surface area contributed by atoms with Gasteiger partial charge in [0, 0.05) is 12.1 Å².